The minimum atomic E-state index is -0.720. The van der Waals surface area contributed by atoms with Gasteiger partial charge in [-0.3, -0.25) is 4.79 Å². The Morgan fingerprint density at radius 1 is 1.40 bits per heavy atom. The monoisotopic (exact) mass is 440 g/mol. The number of hydrogen-bond donors (Lipinski definition) is 1. The van der Waals surface area contributed by atoms with E-state index < -0.39 is 12.1 Å². The Morgan fingerprint density at radius 3 is 2.84 bits per heavy atom. The Kier molecular flexibility index (Phi) is 4.99. The number of benzene rings is 1. The van der Waals surface area contributed by atoms with Gasteiger partial charge in [-0.25, -0.2) is 9.78 Å². The van der Waals surface area contributed by atoms with E-state index in [1.165, 1.54) is 11.3 Å². The van der Waals surface area contributed by atoms with Gasteiger partial charge in [0.25, 0.3) is 5.56 Å². The molecule has 0 bridgehead atoms. The number of nitrogens with one attached hydrogen (secondary N) is 1. The predicted molar refractivity (Wildman–Crippen MR) is 103 cm³/mol. The van der Waals surface area contributed by atoms with Gasteiger partial charge in [0, 0.05) is 9.35 Å². The minimum absolute atomic E-state index is 0.231. The molecule has 25 heavy (non-hydrogen) atoms. The second kappa shape index (κ2) is 6.90. The number of thiophene rings is 1. The van der Waals surface area contributed by atoms with E-state index in [0.717, 1.165) is 10.4 Å². The van der Waals surface area contributed by atoms with Crippen LogP contribution in [-0.4, -0.2) is 15.9 Å². The van der Waals surface area contributed by atoms with Gasteiger partial charge in [-0.2, -0.15) is 0 Å². The van der Waals surface area contributed by atoms with E-state index in [4.69, 9.17) is 16.3 Å². The number of carbonyl (C=O) groups is 1. The number of hydrogen-bond acceptors (Lipinski definition) is 5. The molecule has 0 amide bonds. The van der Waals surface area contributed by atoms with Crippen molar-refractivity contribution in [2.24, 2.45) is 0 Å². The van der Waals surface area contributed by atoms with Gasteiger partial charge in [0.1, 0.15) is 4.83 Å². The Bertz CT molecular complexity index is 1040. The van der Waals surface area contributed by atoms with Crippen LogP contribution in [0.15, 0.2) is 27.5 Å². The standard InChI is InChI=1S/C17H14BrClN2O3S/c1-7-9(3)25-16-13(7)15(22)20-14(21-16)8(2)24-17(23)11-6-10(18)4-5-12(11)19/h4-6,8H,1-3H3,(H,20,21,22). The van der Waals surface area contributed by atoms with E-state index in [2.05, 4.69) is 25.9 Å². The summed E-state index contributed by atoms with van der Waals surface area (Å²) >= 11 is 10.8. The van der Waals surface area contributed by atoms with Crippen LogP contribution in [0.4, 0.5) is 0 Å². The van der Waals surface area contributed by atoms with Gasteiger partial charge in [0.15, 0.2) is 11.9 Å². The lowest BCUT2D eigenvalue weighted by molar-refractivity contribution is 0.0320. The summed E-state index contributed by atoms with van der Waals surface area (Å²) in [4.78, 5) is 33.5. The van der Waals surface area contributed by atoms with E-state index in [1.807, 2.05) is 13.8 Å². The third kappa shape index (κ3) is 3.49. The van der Waals surface area contributed by atoms with E-state index in [-0.39, 0.29) is 11.1 Å². The third-order valence-corrected chi connectivity index (χ3v) is 5.80. The van der Waals surface area contributed by atoms with Crippen molar-refractivity contribution in [2.75, 3.05) is 0 Å². The molecule has 0 aliphatic heterocycles. The second-order valence-electron chi connectivity index (χ2n) is 5.59. The molecular weight excluding hydrogens is 428 g/mol. The Morgan fingerprint density at radius 2 is 2.12 bits per heavy atom. The van der Waals surface area contributed by atoms with Crippen LogP contribution in [0, 0.1) is 13.8 Å². The topological polar surface area (TPSA) is 72.0 Å². The number of carbonyl (C=O) groups excluding carboxylic acids is 1. The molecule has 0 aliphatic carbocycles. The molecule has 8 heteroatoms. The van der Waals surface area contributed by atoms with Gasteiger partial charge >= 0.3 is 5.97 Å². The molecule has 3 aromatic rings. The first-order valence-electron chi connectivity index (χ1n) is 7.44. The second-order valence-corrected chi connectivity index (χ2v) is 8.11. The van der Waals surface area contributed by atoms with Crippen molar-refractivity contribution in [2.45, 2.75) is 26.9 Å². The Labute approximate surface area is 161 Å². The van der Waals surface area contributed by atoms with Gasteiger partial charge in [-0.15, -0.1) is 11.3 Å². The molecule has 1 N–H and O–H groups in total. The van der Waals surface area contributed by atoms with Crippen molar-refractivity contribution in [3.8, 4) is 0 Å². The van der Waals surface area contributed by atoms with E-state index in [0.29, 0.717) is 25.5 Å². The fraction of sp³-hybridized carbons (Fsp3) is 0.235. The molecule has 3 rings (SSSR count). The number of rotatable bonds is 3. The van der Waals surface area contributed by atoms with Crippen molar-refractivity contribution in [3.05, 3.63) is 59.9 Å². The van der Waals surface area contributed by atoms with Crippen LogP contribution in [0.2, 0.25) is 5.02 Å². The van der Waals surface area contributed by atoms with Crippen LogP contribution in [-0.2, 0) is 4.74 Å². The number of H-pyrrole nitrogens is 1. The molecule has 0 radical (unpaired) electrons. The van der Waals surface area contributed by atoms with Gasteiger partial charge in [-0.1, -0.05) is 27.5 Å². The molecule has 0 fully saturated rings. The van der Waals surface area contributed by atoms with Gasteiger partial charge < -0.3 is 9.72 Å². The molecule has 1 aromatic carbocycles. The highest BCUT2D eigenvalue weighted by molar-refractivity contribution is 9.10. The number of esters is 1. The maximum atomic E-state index is 12.4. The molecule has 5 nitrogen and oxygen atoms in total. The first-order chi connectivity index (χ1) is 11.8. The quantitative estimate of drug-likeness (QED) is 0.585. The first-order valence-corrected chi connectivity index (χ1v) is 9.42. The summed E-state index contributed by atoms with van der Waals surface area (Å²) in [6.07, 6.45) is -0.720. The zero-order valence-electron chi connectivity index (χ0n) is 13.6. The molecule has 2 heterocycles. The first kappa shape index (κ1) is 18.1. The number of fused-ring (bicyclic) bond motifs is 1. The van der Waals surface area contributed by atoms with Crippen LogP contribution in [0.3, 0.4) is 0 Å². The molecule has 1 unspecified atom stereocenters. The Balaban J connectivity index is 1.92. The van der Waals surface area contributed by atoms with Gasteiger partial charge in [0.2, 0.25) is 0 Å². The van der Waals surface area contributed by atoms with E-state index >= 15 is 0 Å². The molecule has 0 saturated heterocycles. The molecule has 0 aliphatic rings. The van der Waals surface area contributed by atoms with Crippen LogP contribution in [0.1, 0.15) is 39.7 Å². The van der Waals surface area contributed by atoms with E-state index in [9.17, 15) is 9.59 Å². The van der Waals surface area contributed by atoms with Crippen LogP contribution < -0.4 is 5.56 Å². The fourth-order valence-corrected chi connectivity index (χ4v) is 3.99. The number of aromatic nitrogens is 2. The molecule has 130 valence electrons. The average Bonchev–Trinajstić information content (AvgIpc) is 2.84. The van der Waals surface area contributed by atoms with E-state index in [1.54, 1.807) is 25.1 Å². The number of halogens is 2. The van der Waals surface area contributed by atoms with Gasteiger partial charge in [-0.05, 0) is 44.5 Å². The normalized spacial score (nSPS) is 12.4. The molecule has 0 spiro atoms. The highest BCUT2D eigenvalue weighted by Gasteiger charge is 2.20. The highest BCUT2D eigenvalue weighted by Crippen LogP contribution is 2.28. The number of aromatic amines is 1. The zero-order valence-corrected chi connectivity index (χ0v) is 16.8. The lowest BCUT2D eigenvalue weighted by Gasteiger charge is -2.13. The van der Waals surface area contributed by atoms with Crippen molar-refractivity contribution in [1.82, 2.24) is 9.97 Å². The van der Waals surface area contributed by atoms with Crippen LogP contribution in [0.25, 0.3) is 10.2 Å². The smallest absolute Gasteiger partial charge is 0.340 e. The van der Waals surface area contributed by atoms with Crippen LogP contribution >= 0.6 is 38.9 Å². The summed E-state index contributed by atoms with van der Waals surface area (Å²) < 4.78 is 6.14. The summed E-state index contributed by atoms with van der Waals surface area (Å²) in [5, 5.41) is 0.877. The highest BCUT2D eigenvalue weighted by atomic mass is 79.9. The number of aryl methyl sites for hydroxylation is 2. The lowest BCUT2D eigenvalue weighted by atomic mass is 10.2. The predicted octanol–water partition coefficient (Wildman–Crippen LogP) is 4.94. The van der Waals surface area contributed by atoms with Crippen molar-refractivity contribution < 1.29 is 9.53 Å². The summed E-state index contributed by atoms with van der Waals surface area (Å²) in [5.74, 6) is -0.279. The summed E-state index contributed by atoms with van der Waals surface area (Å²) in [6.45, 7) is 5.49. The molecule has 1 atom stereocenters. The SMILES string of the molecule is Cc1sc2nc(C(C)OC(=O)c3cc(Br)ccc3Cl)[nH]c(=O)c2c1C. The Hall–Kier alpha value is -1.70. The summed E-state index contributed by atoms with van der Waals surface area (Å²) in [5.41, 5.74) is 0.935. The maximum absolute atomic E-state index is 12.4. The maximum Gasteiger partial charge on any atom is 0.340 e. The summed E-state index contributed by atoms with van der Waals surface area (Å²) in [6, 6.07) is 4.93. The lowest BCUT2D eigenvalue weighted by Crippen LogP contribution is -2.17. The van der Waals surface area contributed by atoms with Crippen molar-refractivity contribution in [3.63, 3.8) is 0 Å². The third-order valence-electron chi connectivity index (χ3n) is 3.87. The molecule has 0 saturated carbocycles. The number of nitrogens with zero attached hydrogens (tertiary/aromatic N) is 1. The fourth-order valence-electron chi connectivity index (χ4n) is 2.40. The molecule has 2 aromatic heterocycles. The van der Waals surface area contributed by atoms with Crippen molar-refractivity contribution >= 4 is 55.1 Å². The number of ether oxygens (including phenoxy) is 1. The molecular formula is C17H14BrClN2O3S. The van der Waals surface area contributed by atoms with Crippen molar-refractivity contribution in [1.29, 1.82) is 0 Å². The largest absolute Gasteiger partial charge is 0.451 e. The zero-order chi connectivity index (χ0) is 18.3. The average molecular weight is 442 g/mol. The van der Waals surface area contributed by atoms with Gasteiger partial charge in [0.05, 0.1) is 16.0 Å². The minimum Gasteiger partial charge on any atom is -0.451 e. The van der Waals surface area contributed by atoms with Crippen LogP contribution in [0.5, 0.6) is 0 Å². The summed E-state index contributed by atoms with van der Waals surface area (Å²) in [7, 11) is 0.